The first-order valence-corrected chi connectivity index (χ1v) is 7.50. The Bertz CT molecular complexity index is 775. The summed E-state index contributed by atoms with van der Waals surface area (Å²) >= 11 is 5.61. The van der Waals surface area contributed by atoms with Crippen LogP contribution in [-0.4, -0.2) is 28.1 Å². The Hall–Kier alpha value is -2.55. The zero-order valence-electron chi connectivity index (χ0n) is 13.0. The van der Waals surface area contributed by atoms with Crippen LogP contribution in [0.4, 0.5) is 18.9 Å². The maximum Gasteiger partial charge on any atom is 0.436 e. The minimum absolute atomic E-state index is 0.0533. The van der Waals surface area contributed by atoms with Gasteiger partial charge in [-0.15, -0.1) is 0 Å². The van der Waals surface area contributed by atoms with Crippen molar-refractivity contribution in [1.82, 2.24) is 15.1 Å². The molecule has 0 unspecified atom stereocenters. The van der Waals surface area contributed by atoms with E-state index in [4.69, 9.17) is 11.6 Å². The van der Waals surface area contributed by atoms with Crippen molar-refractivity contribution in [2.45, 2.75) is 12.6 Å². The average molecular weight is 375 g/mol. The molecule has 1 aromatic heterocycles. The standard InChI is InChI=1S/C15H14ClF3N4O2/c1-23-12(11(16)13(22-23)15(17,18)19)14(25)20-8-7-10(24)21-9-5-3-2-4-6-9/h2-6H,7-8H2,1H3,(H,20,25)(H,21,24). The van der Waals surface area contributed by atoms with E-state index < -0.39 is 28.5 Å². The monoisotopic (exact) mass is 374 g/mol. The highest BCUT2D eigenvalue weighted by Gasteiger charge is 2.39. The van der Waals surface area contributed by atoms with Gasteiger partial charge in [0.05, 0.1) is 0 Å². The number of aryl methyl sites for hydroxylation is 1. The molecule has 0 spiro atoms. The van der Waals surface area contributed by atoms with Crippen LogP contribution in [0, 0.1) is 0 Å². The lowest BCUT2D eigenvalue weighted by Gasteiger charge is -2.07. The van der Waals surface area contributed by atoms with E-state index in [2.05, 4.69) is 15.7 Å². The van der Waals surface area contributed by atoms with Crippen molar-refractivity contribution in [3.05, 3.63) is 46.7 Å². The van der Waals surface area contributed by atoms with Crippen LogP contribution in [-0.2, 0) is 18.0 Å². The molecule has 0 radical (unpaired) electrons. The highest BCUT2D eigenvalue weighted by Crippen LogP contribution is 2.35. The summed E-state index contributed by atoms with van der Waals surface area (Å²) in [5.41, 5.74) is -1.15. The smallest absolute Gasteiger partial charge is 0.350 e. The highest BCUT2D eigenvalue weighted by atomic mass is 35.5. The van der Waals surface area contributed by atoms with E-state index in [-0.39, 0.29) is 18.9 Å². The lowest BCUT2D eigenvalue weighted by molar-refractivity contribution is -0.141. The number of alkyl halides is 3. The third-order valence-corrected chi connectivity index (χ3v) is 3.53. The second-order valence-electron chi connectivity index (χ2n) is 5.05. The van der Waals surface area contributed by atoms with Gasteiger partial charge >= 0.3 is 6.18 Å². The Balaban J connectivity index is 1.93. The Morgan fingerprint density at radius 3 is 2.44 bits per heavy atom. The van der Waals surface area contributed by atoms with Crippen LogP contribution in [0.1, 0.15) is 22.6 Å². The molecule has 2 aromatic rings. The molecule has 0 fully saturated rings. The minimum atomic E-state index is -4.76. The van der Waals surface area contributed by atoms with E-state index in [1.807, 2.05) is 0 Å². The molecular weight excluding hydrogens is 361 g/mol. The number of rotatable bonds is 5. The van der Waals surface area contributed by atoms with E-state index in [1.165, 1.54) is 7.05 Å². The molecule has 2 rings (SSSR count). The quantitative estimate of drug-likeness (QED) is 0.845. The maximum absolute atomic E-state index is 12.7. The molecule has 0 saturated heterocycles. The summed E-state index contributed by atoms with van der Waals surface area (Å²) in [5, 5.41) is 7.41. The SMILES string of the molecule is Cn1nc(C(F)(F)F)c(Cl)c1C(=O)NCCC(=O)Nc1ccccc1. The fraction of sp³-hybridized carbons (Fsp3) is 0.267. The number of halogens is 4. The van der Waals surface area contributed by atoms with Crippen LogP contribution >= 0.6 is 11.6 Å². The van der Waals surface area contributed by atoms with Gasteiger partial charge in [0.1, 0.15) is 10.7 Å². The molecule has 0 aliphatic carbocycles. The summed E-state index contributed by atoms with van der Waals surface area (Å²) < 4.78 is 38.9. The van der Waals surface area contributed by atoms with Crippen molar-refractivity contribution < 1.29 is 22.8 Å². The Morgan fingerprint density at radius 2 is 1.88 bits per heavy atom. The molecule has 0 saturated carbocycles. The van der Waals surface area contributed by atoms with Gasteiger partial charge in [-0.1, -0.05) is 29.8 Å². The Labute approximate surface area is 146 Å². The van der Waals surface area contributed by atoms with Crippen molar-refractivity contribution in [1.29, 1.82) is 0 Å². The highest BCUT2D eigenvalue weighted by molar-refractivity contribution is 6.34. The Kier molecular flexibility index (Phi) is 5.68. The first-order valence-electron chi connectivity index (χ1n) is 7.13. The number of anilines is 1. The van der Waals surface area contributed by atoms with Gasteiger partial charge < -0.3 is 10.6 Å². The summed E-state index contributed by atoms with van der Waals surface area (Å²) in [7, 11) is 1.18. The molecule has 1 aromatic carbocycles. The molecule has 1 heterocycles. The summed E-state index contributed by atoms with van der Waals surface area (Å²) in [6.07, 6.45) is -4.81. The van der Waals surface area contributed by atoms with E-state index in [1.54, 1.807) is 30.3 Å². The van der Waals surface area contributed by atoms with Crippen LogP contribution in [0.2, 0.25) is 5.02 Å². The number of hydrogen-bond acceptors (Lipinski definition) is 3. The number of hydrogen-bond donors (Lipinski definition) is 2. The number of amides is 2. The number of aromatic nitrogens is 2. The number of nitrogens with one attached hydrogen (secondary N) is 2. The number of para-hydroxylation sites is 1. The van der Waals surface area contributed by atoms with Gasteiger partial charge in [-0.2, -0.15) is 18.3 Å². The molecule has 10 heteroatoms. The van der Waals surface area contributed by atoms with Crippen molar-refractivity contribution in [3.8, 4) is 0 Å². The minimum Gasteiger partial charge on any atom is -0.350 e. The lowest BCUT2D eigenvalue weighted by atomic mass is 10.3. The third-order valence-electron chi connectivity index (χ3n) is 3.17. The van der Waals surface area contributed by atoms with Gasteiger partial charge in [0.25, 0.3) is 5.91 Å². The summed E-state index contributed by atoms with van der Waals surface area (Å²) in [5.74, 6) is -1.19. The average Bonchev–Trinajstić information content (AvgIpc) is 2.83. The van der Waals surface area contributed by atoms with Crippen molar-refractivity contribution in [2.24, 2.45) is 7.05 Å². The van der Waals surface area contributed by atoms with Gasteiger partial charge in [-0.3, -0.25) is 14.3 Å². The molecule has 2 N–H and O–H groups in total. The molecular formula is C15H14ClF3N4O2. The zero-order chi connectivity index (χ0) is 18.6. The first kappa shape index (κ1) is 18.8. The van der Waals surface area contributed by atoms with E-state index in [9.17, 15) is 22.8 Å². The van der Waals surface area contributed by atoms with Crippen LogP contribution < -0.4 is 10.6 Å². The zero-order valence-corrected chi connectivity index (χ0v) is 13.8. The van der Waals surface area contributed by atoms with Gasteiger partial charge in [0, 0.05) is 25.7 Å². The van der Waals surface area contributed by atoms with Gasteiger partial charge in [-0.25, -0.2) is 0 Å². The number of carbonyl (C=O) groups is 2. The molecule has 0 aliphatic rings. The predicted octanol–water partition coefficient (Wildman–Crippen LogP) is 2.85. The summed E-state index contributed by atoms with van der Waals surface area (Å²) in [4.78, 5) is 23.8. The van der Waals surface area contributed by atoms with Gasteiger partial charge in [-0.05, 0) is 12.1 Å². The van der Waals surface area contributed by atoms with Crippen molar-refractivity contribution >= 4 is 29.1 Å². The predicted molar refractivity (Wildman–Crippen MR) is 85.2 cm³/mol. The molecule has 6 nitrogen and oxygen atoms in total. The number of nitrogens with zero attached hydrogens (tertiary/aromatic N) is 2. The maximum atomic E-state index is 12.7. The number of carbonyl (C=O) groups excluding carboxylic acids is 2. The largest absolute Gasteiger partial charge is 0.436 e. The molecule has 0 aliphatic heterocycles. The molecule has 25 heavy (non-hydrogen) atoms. The number of benzene rings is 1. The summed E-state index contributed by atoms with van der Waals surface area (Å²) in [6, 6.07) is 8.69. The lowest BCUT2D eigenvalue weighted by Crippen LogP contribution is -2.29. The topological polar surface area (TPSA) is 76.0 Å². The van der Waals surface area contributed by atoms with Crippen LogP contribution in [0.5, 0.6) is 0 Å². The van der Waals surface area contributed by atoms with Gasteiger partial charge in [0.2, 0.25) is 5.91 Å². The second-order valence-corrected chi connectivity index (χ2v) is 5.43. The van der Waals surface area contributed by atoms with Crippen LogP contribution in [0.15, 0.2) is 30.3 Å². The third kappa shape index (κ3) is 4.72. The van der Waals surface area contributed by atoms with E-state index in [0.717, 1.165) is 4.68 Å². The van der Waals surface area contributed by atoms with Crippen LogP contribution in [0.25, 0.3) is 0 Å². The summed E-state index contributed by atoms with van der Waals surface area (Å²) in [6.45, 7) is -0.0691. The molecule has 2 amide bonds. The molecule has 134 valence electrons. The fourth-order valence-electron chi connectivity index (χ4n) is 2.04. The normalized spacial score (nSPS) is 11.2. The first-order chi connectivity index (χ1) is 11.7. The fourth-order valence-corrected chi connectivity index (χ4v) is 2.40. The molecule has 0 atom stereocenters. The van der Waals surface area contributed by atoms with Crippen molar-refractivity contribution in [3.63, 3.8) is 0 Å². The van der Waals surface area contributed by atoms with Crippen molar-refractivity contribution in [2.75, 3.05) is 11.9 Å². The van der Waals surface area contributed by atoms with E-state index >= 15 is 0 Å². The van der Waals surface area contributed by atoms with Gasteiger partial charge in [0.15, 0.2) is 5.69 Å². The second kappa shape index (κ2) is 7.56. The van der Waals surface area contributed by atoms with E-state index in [0.29, 0.717) is 5.69 Å². The Morgan fingerprint density at radius 1 is 1.24 bits per heavy atom. The molecule has 0 bridgehead atoms. The van der Waals surface area contributed by atoms with Crippen LogP contribution in [0.3, 0.4) is 0 Å².